The van der Waals surface area contributed by atoms with Crippen molar-refractivity contribution < 1.29 is 19.4 Å². The van der Waals surface area contributed by atoms with Gasteiger partial charge in [0, 0.05) is 12.0 Å². The number of aryl methyl sites for hydroxylation is 1. The molecule has 0 aromatic heterocycles. The Kier molecular flexibility index (Phi) is 5.17. The number of rotatable bonds is 6. The fourth-order valence-corrected chi connectivity index (χ4v) is 2.29. The number of hydrogen-bond acceptors (Lipinski definition) is 4. The molecule has 2 rings (SSSR count). The van der Waals surface area contributed by atoms with Gasteiger partial charge < -0.3 is 14.6 Å². The van der Waals surface area contributed by atoms with E-state index in [2.05, 4.69) is 0 Å². The largest absolute Gasteiger partial charge is 0.493 e. The SMILES string of the molecule is COc1ccc(CCC(=O)C2=CC(O)CC=C2)cc1OC. The Morgan fingerprint density at radius 3 is 2.71 bits per heavy atom. The van der Waals surface area contributed by atoms with Gasteiger partial charge in [0.05, 0.1) is 20.3 Å². The molecule has 21 heavy (non-hydrogen) atoms. The maximum atomic E-state index is 12.1. The first-order valence-corrected chi connectivity index (χ1v) is 6.94. The molecule has 0 fully saturated rings. The van der Waals surface area contributed by atoms with Crippen LogP contribution in [0.2, 0.25) is 0 Å². The highest BCUT2D eigenvalue weighted by Crippen LogP contribution is 2.28. The van der Waals surface area contributed by atoms with E-state index in [0.29, 0.717) is 36.3 Å². The number of ether oxygens (including phenoxy) is 2. The highest BCUT2D eigenvalue weighted by atomic mass is 16.5. The molecule has 112 valence electrons. The quantitative estimate of drug-likeness (QED) is 0.873. The van der Waals surface area contributed by atoms with Crippen molar-refractivity contribution in [1.29, 1.82) is 0 Å². The Labute approximate surface area is 124 Å². The summed E-state index contributed by atoms with van der Waals surface area (Å²) in [5.41, 5.74) is 1.61. The number of ketones is 1. The number of aliphatic hydroxyl groups is 1. The standard InChI is InChI=1S/C17H20O4/c1-20-16-9-7-12(10-17(16)21-2)6-8-15(19)13-4-3-5-14(18)11-13/h3-4,7,9-11,14,18H,5-6,8H2,1-2H3. The van der Waals surface area contributed by atoms with Crippen LogP contribution in [-0.4, -0.2) is 31.2 Å². The van der Waals surface area contributed by atoms with E-state index in [9.17, 15) is 9.90 Å². The van der Waals surface area contributed by atoms with Crippen molar-refractivity contribution in [2.24, 2.45) is 0 Å². The summed E-state index contributed by atoms with van der Waals surface area (Å²) in [5.74, 6) is 1.38. The Morgan fingerprint density at radius 2 is 2.05 bits per heavy atom. The molecule has 1 aromatic rings. The smallest absolute Gasteiger partial charge is 0.162 e. The van der Waals surface area contributed by atoms with E-state index in [4.69, 9.17) is 9.47 Å². The van der Waals surface area contributed by atoms with E-state index in [1.165, 1.54) is 0 Å². The molecule has 1 aliphatic rings. The molecule has 0 bridgehead atoms. The molecule has 1 aliphatic carbocycles. The van der Waals surface area contributed by atoms with Crippen LogP contribution in [0.15, 0.2) is 42.0 Å². The lowest BCUT2D eigenvalue weighted by atomic mass is 9.97. The summed E-state index contributed by atoms with van der Waals surface area (Å²) < 4.78 is 10.4. The first kappa shape index (κ1) is 15.3. The minimum Gasteiger partial charge on any atom is -0.493 e. The minimum absolute atomic E-state index is 0.0415. The van der Waals surface area contributed by atoms with Crippen LogP contribution >= 0.6 is 0 Å². The molecule has 0 aliphatic heterocycles. The lowest BCUT2D eigenvalue weighted by Crippen LogP contribution is -2.11. The maximum absolute atomic E-state index is 12.1. The molecule has 0 saturated carbocycles. The van der Waals surface area contributed by atoms with E-state index in [-0.39, 0.29) is 5.78 Å². The van der Waals surface area contributed by atoms with Crippen molar-refractivity contribution in [2.75, 3.05) is 14.2 Å². The highest BCUT2D eigenvalue weighted by Gasteiger charge is 2.13. The zero-order valence-corrected chi connectivity index (χ0v) is 12.3. The lowest BCUT2D eigenvalue weighted by molar-refractivity contribution is -0.115. The van der Waals surface area contributed by atoms with E-state index in [0.717, 1.165) is 5.56 Å². The van der Waals surface area contributed by atoms with Crippen molar-refractivity contribution in [2.45, 2.75) is 25.4 Å². The van der Waals surface area contributed by atoms with E-state index in [1.807, 2.05) is 24.3 Å². The molecule has 0 amide bonds. The fourth-order valence-electron chi connectivity index (χ4n) is 2.29. The molecule has 0 spiro atoms. The number of benzene rings is 1. The summed E-state index contributed by atoms with van der Waals surface area (Å²) in [7, 11) is 3.18. The van der Waals surface area contributed by atoms with Crippen LogP contribution in [0.4, 0.5) is 0 Å². The molecule has 0 heterocycles. The molecule has 4 heteroatoms. The van der Waals surface area contributed by atoms with Crippen LogP contribution in [0.1, 0.15) is 18.4 Å². The third kappa shape index (κ3) is 3.95. The van der Waals surface area contributed by atoms with Crippen molar-refractivity contribution in [1.82, 2.24) is 0 Å². The molecule has 4 nitrogen and oxygen atoms in total. The van der Waals surface area contributed by atoms with Gasteiger partial charge in [0.15, 0.2) is 17.3 Å². The van der Waals surface area contributed by atoms with Gasteiger partial charge in [0.1, 0.15) is 0 Å². The number of methoxy groups -OCH3 is 2. The van der Waals surface area contributed by atoms with Gasteiger partial charge in [-0.25, -0.2) is 0 Å². The van der Waals surface area contributed by atoms with Crippen LogP contribution in [0.25, 0.3) is 0 Å². The Hall–Kier alpha value is -2.07. The van der Waals surface area contributed by atoms with Gasteiger partial charge in [-0.15, -0.1) is 0 Å². The normalized spacial score (nSPS) is 17.3. The van der Waals surface area contributed by atoms with Gasteiger partial charge in [-0.3, -0.25) is 4.79 Å². The zero-order valence-electron chi connectivity index (χ0n) is 12.3. The van der Waals surface area contributed by atoms with Gasteiger partial charge in [-0.2, -0.15) is 0 Å². The topological polar surface area (TPSA) is 55.8 Å². The Bertz CT molecular complexity index is 572. The molecule has 1 aromatic carbocycles. The molecule has 0 radical (unpaired) electrons. The van der Waals surface area contributed by atoms with Crippen LogP contribution < -0.4 is 9.47 Å². The van der Waals surface area contributed by atoms with Gasteiger partial charge in [0.2, 0.25) is 0 Å². The second kappa shape index (κ2) is 7.09. The predicted molar refractivity (Wildman–Crippen MR) is 80.7 cm³/mol. The Morgan fingerprint density at radius 1 is 1.29 bits per heavy atom. The third-order valence-electron chi connectivity index (χ3n) is 3.46. The fraction of sp³-hybridized carbons (Fsp3) is 0.353. The first-order chi connectivity index (χ1) is 10.1. The molecule has 1 unspecified atom stereocenters. The van der Waals surface area contributed by atoms with Crippen LogP contribution in [0, 0.1) is 0 Å². The summed E-state index contributed by atoms with van der Waals surface area (Å²) >= 11 is 0. The molecular formula is C17H20O4. The lowest BCUT2D eigenvalue weighted by Gasteiger charge is -2.11. The number of aliphatic hydroxyl groups excluding tert-OH is 1. The average Bonchev–Trinajstić information content (AvgIpc) is 2.52. The number of hydrogen-bond donors (Lipinski definition) is 1. The monoisotopic (exact) mass is 288 g/mol. The minimum atomic E-state index is -0.546. The third-order valence-corrected chi connectivity index (χ3v) is 3.46. The van der Waals surface area contributed by atoms with Crippen LogP contribution in [0.3, 0.4) is 0 Å². The summed E-state index contributed by atoms with van der Waals surface area (Å²) in [6.07, 6.45) is 6.29. The average molecular weight is 288 g/mol. The number of Topliss-reactive ketones (excluding diaryl/α,β-unsaturated/α-hetero) is 1. The first-order valence-electron chi connectivity index (χ1n) is 6.94. The predicted octanol–water partition coefficient (Wildman–Crippen LogP) is 2.45. The zero-order chi connectivity index (χ0) is 15.2. The number of carbonyl (C=O) groups excluding carboxylic acids is 1. The summed E-state index contributed by atoms with van der Waals surface area (Å²) in [6, 6.07) is 5.64. The van der Waals surface area contributed by atoms with Crippen LogP contribution in [-0.2, 0) is 11.2 Å². The van der Waals surface area contributed by atoms with E-state index in [1.54, 1.807) is 26.4 Å². The van der Waals surface area contributed by atoms with Gasteiger partial charge >= 0.3 is 0 Å². The van der Waals surface area contributed by atoms with Crippen molar-refractivity contribution in [3.8, 4) is 11.5 Å². The molecule has 1 atom stereocenters. The molecular weight excluding hydrogens is 268 g/mol. The maximum Gasteiger partial charge on any atom is 0.162 e. The Balaban J connectivity index is 2.00. The van der Waals surface area contributed by atoms with Gasteiger partial charge in [-0.1, -0.05) is 18.2 Å². The van der Waals surface area contributed by atoms with Gasteiger partial charge in [0.25, 0.3) is 0 Å². The van der Waals surface area contributed by atoms with Crippen molar-refractivity contribution >= 4 is 5.78 Å². The summed E-state index contributed by atoms with van der Waals surface area (Å²) in [4.78, 5) is 12.1. The molecule has 1 N–H and O–H groups in total. The second-order valence-corrected chi connectivity index (χ2v) is 4.94. The highest BCUT2D eigenvalue weighted by molar-refractivity contribution is 5.98. The summed E-state index contributed by atoms with van der Waals surface area (Å²) in [5, 5.41) is 9.53. The second-order valence-electron chi connectivity index (χ2n) is 4.94. The van der Waals surface area contributed by atoms with Crippen LogP contribution in [0.5, 0.6) is 11.5 Å². The van der Waals surface area contributed by atoms with Crippen molar-refractivity contribution in [3.05, 3.63) is 47.6 Å². The number of carbonyl (C=O) groups is 1. The van der Waals surface area contributed by atoms with Crippen molar-refractivity contribution in [3.63, 3.8) is 0 Å². The van der Waals surface area contributed by atoms with E-state index >= 15 is 0 Å². The molecule has 0 saturated heterocycles. The van der Waals surface area contributed by atoms with E-state index < -0.39 is 6.10 Å². The number of allylic oxidation sites excluding steroid dienone is 2. The summed E-state index contributed by atoms with van der Waals surface area (Å²) in [6.45, 7) is 0. The van der Waals surface area contributed by atoms with Gasteiger partial charge in [-0.05, 0) is 36.6 Å².